The van der Waals surface area contributed by atoms with Crippen molar-refractivity contribution in [3.8, 4) is 17.2 Å². The summed E-state index contributed by atoms with van der Waals surface area (Å²) in [6, 6.07) is 7.66. The van der Waals surface area contributed by atoms with Gasteiger partial charge in [-0.05, 0) is 60.7 Å². The molecule has 0 bridgehead atoms. The normalized spacial score (nSPS) is 14.1. The van der Waals surface area contributed by atoms with Gasteiger partial charge in [0.15, 0.2) is 18.1 Å². The fourth-order valence-corrected chi connectivity index (χ4v) is 4.54. The predicted molar refractivity (Wildman–Crippen MR) is 139 cm³/mol. The molecule has 2 aromatic rings. The van der Waals surface area contributed by atoms with E-state index in [1.54, 1.807) is 19.1 Å². The number of carbonyl (C=O) groups excluding carboxylic acids is 4. The van der Waals surface area contributed by atoms with Crippen molar-refractivity contribution in [3.05, 3.63) is 50.8 Å². The lowest BCUT2D eigenvalue weighted by Gasteiger charge is -2.13. The van der Waals surface area contributed by atoms with Crippen LogP contribution in [0.25, 0.3) is 6.08 Å². The lowest BCUT2D eigenvalue weighted by atomic mass is 10.1. The third kappa shape index (κ3) is 7.09. The van der Waals surface area contributed by atoms with Crippen LogP contribution < -0.4 is 19.5 Å². The van der Waals surface area contributed by atoms with Crippen LogP contribution in [0.5, 0.6) is 17.2 Å². The summed E-state index contributed by atoms with van der Waals surface area (Å²) in [5.74, 6) is -1.03. The monoisotopic (exact) mass is 568 g/mol. The van der Waals surface area contributed by atoms with Crippen molar-refractivity contribution in [1.29, 1.82) is 0 Å². The Morgan fingerprint density at radius 1 is 1.05 bits per heavy atom. The molecule has 1 saturated heterocycles. The zero-order valence-corrected chi connectivity index (χ0v) is 22.3. The van der Waals surface area contributed by atoms with Crippen molar-refractivity contribution in [3.63, 3.8) is 0 Å². The number of benzene rings is 2. The zero-order chi connectivity index (χ0) is 27.1. The first kappa shape index (κ1) is 28.2. The van der Waals surface area contributed by atoms with Crippen LogP contribution in [0.4, 0.5) is 10.5 Å². The first-order valence-corrected chi connectivity index (χ1v) is 12.3. The van der Waals surface area contributed by atoms with E-state index in [1.807, 2.05) is 0 Å². The standard InChI is InChI=1S/C24H22Cl2N2O8S/c1-4-35-21(30)12-36-22-16(26)7-13(8-18(22)34-3)9-19-23(31)28(24(32)37-19)11-20(29)27-14-5-6-17(33-2)15(25)10-14/h5-10H,4,11-12H2,1-3H3,(H,27,29)/b19-9-. The second-order valence-electron chi connectivity index (χ2n) is 7.29. The molecule has 1 heterocycles. The first-order chi connectivity index (χ1) is 17.7. The Balaban J connectivity index is 1.71. The highest BCUT2D eigenvalue weighted by molar-refractivity contribution is 8.18. The Hall–Kier alpha value is -3.41. The predicted octanol–water partition coefficient (Wildman–Crippen LogP) is 4.63. The zero-order valence-electron chi connectivity index (χ0n) is 20.0. The lowest BCUT2D eigenvalue weighted by molar-refractivity contribution is -0.145. The number of hydrogen-bond acceptors (Lipinski definition) is 9. The molecule has 3 rings (SSSR count). The molecule has 0 aliphatic carbocycles. The molecule has 10 nitrogen and oxygen atoms in total. The Kier molecular flexibility index (Phi) is 9.67. The molecule has 3 amide bonds. The quantitative estimate of drug-likeness (QED) is 0.323. The van der Waals surface area contributed by atoms with E-state index in [0.717, 1.165) is 4.90 Å². The molecule has 37 heavy (non-hydrogen) atoms. The molecule has 0 spiro atoms. The van der Waals surface area contributed by atoms with E-state index in [4.69, 9.17) is 42.1 Å². The van der Waals surface area contributed by atoms with Crippen molar-refractivity contribution in [2.75, 3.05) is 39.3 Å². The lowest BCUT2D eigenvalue weighted by Crippen LogP contribution is -2.36. The molecule has 1 fully saturated rings. The number of nitrogens with one attached hydrogen (secondary N) is 1. The summed E-state index contributed by atoms with van der Waals surface area (Å²) < 4.78 is 20.6. The van der Waals surface area contributed by atoms with Crippen LogP contribution in [-0.2, 0) is 19.1 Å². The van der Waals surface area contributed by atoms with Crippen molar-refractivity contribution < 1.29 is 38.1 Å². The highest BCUT2D eigenvalue weighted by atomic mass is 35.5. The van der Waals surface area contributed by atoms with E-state index >= 15 is 0 Å². The van der Waals surface area contributed by atoms with Crippen molar-refractivity contribution in [2.45, 2.75) is 6.92 Å². The summed E-state index contributed by atoms with van der Waals surface area (Å²) in [7, 11) is 2.85. The minimum atomic E-state index is -0.643. The number of thioether (sulfide) groups is 1. The third-order valence-electron chi connectivity index (χ3n) is 4.80. The molecule has 196 valence electrons. The number of rotatable bonds is 10. The number of amides is 3. The van der Waals surface area contributed by atoms with E-state index in [2.05, 4.69) is 5.32 Å². The maximum atomic E-state index is 12.8. The number of imide groups is 1. The minimum absolute atomic E-state index is 0.0867. The fraction of sp³-hybridized carbons (Fsp3) is 0.250. The molecule has 0 atom stereocenters. The Labute approximate surface area is 226 Å². The maximum absolute atomic E-state index is 12.8. The topological polar surface area (TPSA) is 120 Å². The molecule has 2 aromatic carbocycles. The van der Waals surface area contributed by atoms with Gasteiger partial charge in [0.2, 0.25) is 5.91 Å². The van der Waals surface area contributed by atoms with Crippen LogP contribution in [0.3, 0.4) is 0 Å². The van der Waals surface area contributed by atoms with Crippen LogP contribution in [0.15, 0.2) is 35.2 Å². The Morgan fingerprint density at radius 2 is 1.78 bits per heavy atom. The second-order valence-corrected chi connectivity index (χ2v) is 9.10. The SMILES string of the molecule is CCOC(=O)COc1c(Cl)cc(/C=C2\SC(=O)N(CC(=O)Nc3ccc(OC)c(Cl)c3)C2=O)cc1OC. The molecule has 13 heteroatoms. The summed E-state index contributed by atoms with van der Waals surface area (Å²) in [6.07, 6.45) is 1.44. The van der Waals surface area contributed by atoms with Gasteiger partial charge < -0.3 is 24.3 Å². The molecule has 0 saturated carbocycles. The van der Waals surface area contributed by atoms with Crippen molar-refractivity contribution in [2.24, 2.45) is 0 Å². The van der Waals surface area contributed by atoms with Crippen LogP contribution in [-0.4, -0.2) is 61.9 Å². The molecular weight excluding hydrogens is 547 g/mol. The average molecular weight is 569 g/mol. The van der Waals surface area contributed by atoms with E-state index in [0.29, 0.717) is 33.8 Å². The average Bonchev–Trinajstić information content (AvgIpc) is 3.10. The van der Waals surface area contributed by atoms with Crippen LogP contribution in [0, 0.1) is 0 Å². The Bertz CT molecular complexity index is 1270. The van der Waals surface area contributed by atoms with Gasteiger partial charge in [-0.2, -0.15) is 0 Å². The number of nitrogens with zero attached hydrogens (tertiary/aromatic N) is 1. The molecule has 0 aromatic heterocycles. The van der Waals surface area contributed by atoms with Gasteiger partial charge in [0.1, 0.15) is 12.3 Å². The number of carbonyl (C=O) groups is 4. The van der Waals surface area contributed by atoms with Gasteiger partial charge in [-0.25, -0.2) is 4.79 Å². The number of ether oxygens (including phenoxy) is 4. The van der Waals surface area contributed by atoms with Gasteiger partial charge >= 0.3 is 5.97 Å². The molecule has 1 aliphatic heterocycles. The molecule has 0 unspecified atom stereocenters. The largest absolute Gasteiger partial charge is 0.495 e. The van der Waals surface area contributed by atoms with Gasteiger partial charge in [0.25, 0.3) is 11.1 Å². The summed E-state index contributed by atoms with van der Waals surface area (Å²) >= 11 is 13.0. The number of anilines is 1. The van der Waals surface area contributed by atoms with Crippen LogP contribution in [0.2, 0.25) is 10.0 Å². The molecular formula is C24H22Cl2N2O8S. The van der Waals surface area contributed by atoms with Gasteiger partial charge in [-0.15, -0.1) is 0 Å². The molecule has 1 N–H and O–H groups in total. The smallest absolute Gasteiger partial charge is 0.344 e. The van der Waals surface area contributed by atoms with E-state index in [1.165, 1.54) is 38.5 Å². The Morgan fingerprint density at radius 3 is 2.43 bits per heavy atom. The molecule has 0 radical (unpaired) electrons. The van der Waals surface area contributed by atoms with Gasteiger partial charge in [-0.1, -0.05) is 23.2 Å². The van der Waals surface area contributed by atoms with Gasteiger partial charge in [0, 0.05) is 5.69 Å². The van der Waals surface area contributed by atoms with Crippen LogP contribution in [0.1, 0.15) is 12.5 Å². The van der Waals surface area contributed by atoms with E-state index < -0.39 is 29.6 Å². The van der Waals surface area contributed by atoms with Gasteiger partial charge in [-0.3, -0.25) is 19.3 Å². The first-order valence-electron chi connectivity index (χ1n) is 10.7. The van der Waals surface area contributed by atoms with Crippen molar-refractivity contribution in [1.82, 2.24) is 4.90 Å². The van der Waals surface area contributed by atoms with Crippen molar-refractivity contribution >= 4 is 69.8 Å². The highest BCUT2D eigenvalue weighted by Gasteiger charge is 2.36. The summed E-state index contributed by atoms with van der Waals surface area (Å²) in [6.45, 7) is 1.02. The van der Waals surface area contributed by atoms with E-state index in [-0.39, 0.29) is 34.6 Å². The summed E-state index contributed by atoms with van der Waals surface area (Å²) in [5.41, 5.74) is 0.818. The number of esters is 1. The number of halogens is 2. The van der Waals surface area contributed by atoms with E-state index in [9.17, 15) is 19.2 Å². The highest BCUT2D eigenvalue weighted by Crippen LogP contribution is 2.39. The number of hydrogen-bond donors (Lipinski definition) is 1. The molecule has 1 aliphatic rings. The second kappa shape index (κ2) is 12.7. The fourth-order valence-electron chi connectivity index (χ4n) is 3.17. The maximum Gasteiger partial charge on any atom is 0.344 e. The summed E-state index contributed by atoms with van der Waals surface area (Å²) in [4.78, 5) is 50.3. The summed E-state index contributed by atoms with van der Waals surface area (Å²) in [5, 5.41) is 2.39. The third-order valence-corrected chi connectivity index (χ3v) is 6.28. The minimum Gasteiger partial charge on any atom is -0.495 e. The van der Waals surface area contributed by atoms with Crippen LogP contribution >= 0.6 is 35.0 Å². The van der Waals surface area contributed by atoms with Gasteiger partial charge in [0.05, 0.1) is 35.8 Å². The number of methoxy groups -OCH3 is 2.